The highest BCUT2D eigenvalue weighted by Gasteiger charge is 2.38. The second kappa shape index (κ2) is 5.66. The molecule has 0 spiro atoms. The standard InChI is InChI=1S/C20H14N2O6/c1-2-16(24)28-18-11-7-15-17-14(6-9-5-10(23)3-4-13(9)21-17)22(15)19(25)12(11)8-27-20(18)26/h3-7,18,23H,2,8H2,1H3/t18-/m0/s1. The van der Waals surface area contributed by atoms with E-state index in [1.165, 1.54) is 10.6 Å². The lowest BCUT2D eigenvalue weighted by atomic mass is 9.95. The van der Waals surface area contributed by atoms with Gasteiger partial charge in [-0.1, -0.05) is 6.92 Å². The molecular formula is C20H14N2O6. The van der Waals surface area contributed by atoms with Crippen molar-refractivity contribution in [2.45, 2.75) is 26.1 Å². The summed E-state index contributed by atoms with van der Waals surface area (Å²) >= 11 is 0. The van der Waals surface area contributed by atoms with Gasteiger partial charge in [-0.2, -0.15) is 0 Å². The number of nitrogens with zero attached hydrogens (tertiary/aromatic N) is 2. The van der Waals surface area contributed by atoms with Crippen LogP contribution in [0.3, 0.4) is 0 Å². The van der Waals surface area contributed by atoms with Gasteiger partial charge in [0.25, 0.3) is 5.56 Å². The molecule has 0 aliphatic carbocycles. The van der Waals surface area contributed by atoms with Crippen molar-refractivity contribution in [2.75, 3.05) is 0 Å². The molecule has 2 aliphatic heterocycles. The SMILES string of the molecule is CCC(=O)O[C@@H]1C(=O)OCc2c1cc1n(c2=O)-c2cc3cc(O)ccc3nc2-1. The van der Waals surface area contributed by atoms with Gasteiger partial charge in [-0.3, -0.25) is 14.2 Å². The van der Waals surface area contributed by atoms with E-state index in [9.17, 15) is 19.5 Å². The fourth-order valence-electron chi connectivity index (χ4n) is 3.59. The fraction of sp³-hybridized carbons (Fsp3) is 0.200. The molecule has 0 unspecified atom stereocenters. The molecule has 0 bridgehead atoms. The molecule has 28 heavy (non-hydrogen) atoms. The van der Waals surface area contributed by atoms with E-state index in [0.29, 0.717) is 33.5 Å². The molecule has 5 rings (SSSR count). The Balaban J connectivity index is 1.69. The van der Waals surface area contributed by atoms with E-state index in [1.54, 1.807) is 31.2 Å². The number of pyridine rings is 2. The quantitative estimate of drug-likeness (QED) is 0.532. The molecule has 0 saturated carbocycles. The summed E-state index contributed by atoms with van der Waals surface area (Å²) in [5.41, 5.74) is 2.71. The zero-order valence-electron chi connectivity index (χ0n) is 14.8. The van der Waals surface area contributed by atoms with Crippen LogP contribution in [0.15, 0.2) is 35.1 Å². The zero-order valence-corrected chi connectivity index (χ0v) is 14.8. The average Bonchev–Trinajstić information content (AvgIpc) is 2.67. The van der Waals surface area contributed by atoms with Crippen LogP contribution in [0.2, 0.25) is 0 Å². The Morgan fingerprint density at radius 1 is 1.32 bits per heavy atom. The van der Waals surface area contributed by atoms with Gasteiger partial charge in [0.1, 0.15) is 18.1 Å². The Morgan fingerprint density at radius 3 is 2.93 bits per heavy atom. The second-order valence-electron chi connectivity index (χ2n) is 6.67. The number of carbonyl (C=O) groups is 2. The summed E-state index contributed by atoms with van der Waals surface area (Å²) in [6.45, 7) is 1.44. The topological polar surface area (TPSA) is 108 Å². The monoisotopic (exact) mass is 378 g/mol. The number of hydrogen-bond acceptors (Lipinski definition) is 7. The van der Waals surface area contributed by atoms with E-state index >= 15 is 0 Å². The van der Waals surface area contributed by atoms with Crippen molar-refractivity contribution in [3.8, 4) is 22.8 Å². The van der Waals surface area contributed by atoms with Gasteiger partial charge in [0.15, 0.2) is 0 Å². The predicted octanol–water partition coefficient (Wildman–Crippen LogP) is 2.12. The Bertz CT molecular complexity index is 1260. The van der Waals surface area contributed by atoms with Crippen LogP contribution in [-0.2, 0) is 25.7 Å². The van der Waals surface area contributed by atoms with E-state index in [4.69, 9.17) is 9.47 Å². The normalized spacial score (nSPS) is 16.5. The zero-order chi connectivity index (χ0) is 19.6. The van der Waals surface area contributed by atoms with Crippen LogP contribution in [0.25, 0.3) is 28.0 Å². The lowest BCUT2D eigenvalue weighted by molar-refractivity contribution is -0.171. The molecule has 1 aromatic carbocycles. The number of aromatic nitrogens is 2. The number of esters is 2. The van der Waals surface area contributed by atoms with Gasteiger partial charge in [0.2, 0.25) is 6.10 Å². The first kappa shape index (κ1) is 16.5. The van der Waals surface area contributed by atoms with Crippen LogP contribution in [0.4, 0.5) is 0 Å². The van der Waals surface area contributed by atoms with Crippen LogP contribution in [-0.4, -0.2) is 26.6 Å². The van der Waals surface area contributed by atoms with Crippen molar-refractivity contribution in [1.82, 2.24) is 9.55 Å². The molecule has 8 nitrogen and oxygen atoms in total. The smallest absolute Gasteiger partial charge is 0.352 e. The van der Waals surface area contributed by atoms with Crippen molar-refractivity contribution in [2.24, 2.45) is 0 Å². The Labute approximate surface area is 158 Å². The Kier molecular flexibility index (Phi) is 3.33. The Morgan fingerprint density at radius 2 is 2.14 bits per heavy atom. The van der Waals surface area contributed by atoms with Gasteiger partial charge in [-0.25, -0.2) is 9.78 Å². The minimum Gasteiger partial charge on any atom is -0.508 e. The third-order valence-electron chi connectivity index (χ3n) is 5.00. The molecule has 4 heterocycles. The molecule has 2 aliphatic rings. The average molecular weight is 378 g/mol. The highest BCUT2D eigenvalue weighted by Crippen LogP contribution is 2.40. The summed E-state index contributed by atoms with van der Waals surface area (Å²) in [7, 11) is 0. The maximum Gasteiger partial charge on any atom is 0.352 e. The first-order chi connectivity index (χ1) is 13.5. The summed E-state index contributed by atoms with van der Waals surface area (Å²) in [5, 5.41) is 10.4. The number of cyclic esters (lactones) is 1. The molecule has 2 aromatic heterocycles. The maximum absolute atomic E-state index is 13.0. The minimum atomic E-state index is -1.25. The van der Waals surface area contributed by atoms with Gasteiger partial charge in [-0.15, -0.1) is 0 Å². The number of hydrogen-bond donors (Lipinski definition) is 1. The molecule has 1 atom stereocenters. The van der Waals surface area contributed by atoms with Gasteiger partial charge >= 0.3 is 11.9 Å². The summed E-state index contributed by atoms with van der Waals surface area (Å²) in [4.78, 5) is 41.4. The first-order valence-electron chi connectivity index (χ1n) is 8.77. The van der Waals surface area contributed by atoms with Gasteiger partial charge in [0, 0.05) is 17.4 Å². The number of benzene rings is 1. The lowest BCUT2D eigenvalue weighted by Crippen LogP contribution is -2.37. The number of aromatic hydroxyl groups is 1. The lowest BCUT2D eigenvalue weighted by Gasteiger charge is -2.30. The number of phenolic OH excluding ortho intramolecular Hbond substituents is 1. The maximum atomic E-state index is 13.0. The number of ether oxygens (including phenoxy) is 2. The molecular weight excluding hydrogens is 364 g/mol. The van der Waals surface area contributed by atoms with Gasteiger partial charge in [-0.05, 0) is 30.3 Å². The van der Waals surface area contributed by atoms with Gasteiger partial charge < -0.3 is 14.6 Å². The number of carbonyl (C=O) groups excluding carboxylic acids is 2. The van der Waals surface area contributed by atoms with Crippen molar-refractivity contribution in [3.05, 3.63) is 51.8 Å². The molecule has 0 fully saturated rings. The third-order valence-corrected chi connectivity index (χ3v) is 5.00. The minimum absolute atomic E-state index is 0.103. The van der Waals surface area contributed by atoms with E-state index in [1.807, 2.05) is 0 Å². The number of phenols is 1. The number of rotatable bonds is 2. The van der Waals surface area contributed by atoms with Crippen molar-refractivity contribution in [1.29, 1.82) is 0 Å². The van der Waals surface area contributed by atoms with Crippen LogP contribution >= 0.6 is 0 Å². The third kappa shape index (κ3) is 2.17. The summed E-state index contributed by atoms with van der Waals surface area (Å²) < 4.78 is 11.8. The molecule has 0 saturated heterocycles. The molecule has 0 radical (unpaired) electrons. The van der Waals surface area contributed by atoms with Crippen LogP contribution in [0.1, 0.15) is 30.6 Å². The Hall–Kier alpha value is -3.68. The molecule has 140 valence electrons. The fourth-order valence-corrected chi connectivity index (χ4v) is 3.59. The van der Waals surface area contributed by atoms with Crippen molar-refractivity contribution in [3.63, 3.8) is 0 Å². The van der Waals surface area contributed by atoms with E-state index < -0.39 is 18.0 Å². The summed E-state index contributed by atoms with van der Waals surface area (Å²) in [6.07, 6.45) is -1.15. The number of fused-ring (bicyclic) bond motifs is 6. The second-order valence-corrected chi connectivity index (χ2v) is 6.67. The molecule has 0 amide bonds. The molecule has 3 aromatic rings. The highest BCUT2D eigenvalue weighted by atomic mass is 16.6. The van der Waals surface area contributed by atoms with Crippen molar-refractivity contribution < 1.29 is 24.2 Å². The van der Waals surface area contributed by atoms with Gasteiger partial charge in [0.05, 0.1) is 22.5 Å². The largest absolute Gasteiger partial charge is 0.508 e. The summed E-state index contributed by atoms with van der Waals surface area (Å²) in [6, 6.07) is 8.24. The van der Waals surface area contributed by atoms with Crippen molar-refractivity contribution >= 4 is 22.8 Å². The highest BCUT2D eigenvalue weighted by molar-refractivity contribution is 5.91. The van der Waals surface area contributed by atoms with E-state index in [-0.39, 0.29) is 29.9 Å². The van der Waals surface area contributed by atoms with E-state index in [0.717, 1.165) is 0 Å². The first-order valence-corrected chi connectivity index (χ1v) is 8.77. The predicted molar refractivity (Wildman–Crippen MR) is 96.9 cm³/mol. The van der Waals surface area contributed by atoms with Crippen LogP contribution in [0, 0.1) is 0 Å². The van der Waals surface area contributed by atoms with E-state index in [2.05, 4.69) is 4.98 Å². The molecule has 1 N–H and O–H groups in total. The summed E-state index contributed by atoms with van der Waals surface area (Å²) in [5.74, 6) is -1.14. The van der Waals surface area contributed by atoms with Crippen LogP contribution in [0.5, 0.6) is 5.75 Å². The van der Waals surface area contributed by atoms with Crippen LogP contribution < -0.4 is 5.56 Å². The molecule has 8 heteroatoms.